The molecule has 0 aliphatic carbocycles. The van der Waals surface area contributed by atoms with E-state index in [4.69, 9.17) is 4.98 Å². The second kappa shape index (κ2) is 9.03. The zero-order chi connectivity index (χ0) is 24.6. The van der Waals surface area contributed by atoms with Crippen molar-refractivity contribution in [3.63, 3.8) is 0 Å². The molecule has 1 saturated heterocycles. The summed E-state index contributed by atoms with van der Waals surface area (Å²) in [6, 6.07) is 22.8. The summed E-state index contributed by atoms with van der Waals surface area (Å²) in [4.78, 5) is 25.3. The number of aromatic amines is 1. The summed E-state index contributed by atoms with van der Waals surface area (Å²) in [6.45, 7) is 7.13. The number of aromatic nitrogens is 4. The van der Waals surface area contributed by atoms with E-state index in [2.05, 4.69) is 70.5 Å². The number of amides is 2. The fourth-order valence-corrected chi connectivity index (χ4v) is 4.86. The van der Waals surface area contributed by atoms with Crippen LogP contribution in [0.1, 0.15) is 19.9 Å². The first kappa shape index (κ1) is 22.2. The van der Waals surface area contributed by atoms with Crippen LogP contribution < -0.4 is 10.2 Å². The van der Waals surface area contributed by atoms with Crippen molar-refractivity contribution in [2.24, 2.45) is 0 Å². The molecule has 1 fully saturated rings. The Morgan fingerprint density at radius 2 is 1.69 bits per heavy atom. The van der Waals surface area contributed by atoms with E-state index in [-0.39, 0.29) is 12.1 Å². The van der Waals surface area contributed by atoms with Crippen LogP contribution in [0, 0.1) is 0 Å². The van der Waals surface area contributed by atoms with Crippen molar-refractivity contribution in [3.8, 4) is 11.4 Å². The Labute approximate surface area is 209 Å². The predicted molar refractivity (Wildman–Crippen MR) is 144 cm³/mol. The Morgan fingerprint density at radius 3 is 2.47 bits per heavy atom. The van der Waals surface area contributed by atoms with Crippen LogP contribution >= 0.6 is 0 Å². The van der Waals surface area contributed by atoms with Gasteiger partial charge in [-0.1, -0.05) is 36.4 Å². The van der Waals surface area contributed by atoms with Crippen LogP contribution in [0.2, 0.25) is 0 Å². The predicted octanol–water partition coefficient (Wildman–Crippen LogP) is 5.51. The monoisotopic (exact) mass is 479 g/mol. The summed E-state index contributed by atoms with van der Waals surface area (Å²) in [5.74, 6) is 0.846. The van der Waals surface area contributed by atoms with E-state index in [0.29, 0.717) is 13.1 Å². The molecule has 0 bridgehead atoms. The summed E-state index contributed by atoms with van der Waals surface area (Å²) in [5, 5.41) is 9.68. The highest BCUT2D eigenvalue weighted by Crippen LogP contribution is 2.26. The Bertz CT molecular complexity index is 1520. The van der Waals surface area contributed by atoms with Crippen LogP contribution in [0.25, 0.3) is 33.3 Å². The van der Waals surface area contributed by atoms with Gasteiger partial charge >= 0.3 is 6.03 Å². The highest BCUT2D eigenvalue weighted by molar-refractivity contribution is 6.01. The van der Waals surface area contributed by atoms with Gasteiger partial charge in [-0.15, -0.1) is 0 Å². The number of piperazine rings is 1. The molecular weight excluding hydrogens is 450 g/mol. The van der Waals surface area contributed by atoms with Crippen molar-refractivity contribution in [3.05, 3.63) is 72.9 Å². The van der Waals surface area contributed by atoms with Crippen LogP contribution in [0.15, 0.2) is 72.9 Å². The largest absolute Gasteiger partial charge is 0.368 e. The number of nitrogens with zero attached hydrogens (tertiary/aromatic N) is 5. The van der Waals surface area contributed by atoms with Gasteiger partial charge < -0.3 is 20.1 Å². The lowest BCUT2D eigenvalue weighted by Gasteiger charge is -2.36. The molecule has 8 nitrogen and oxygen atoms in total. The molecule has 5 aromatic rings. The van der Waals surface area contributed by atoms with Crippen molar-refractivity contribution in [1.29, 1.82) is 0 Å². The van der Waals surface area contributed by atoms with Crippen LogP contribution in [0.3, 0.4) is 0 Å². The van der Waals surface area contributed by atoms with Gasteiger partial charge in [-0.25, -0.2) is 14.5 Å². The normalized spacial score (nSPS) is 14.2. The summed E-state index contributed by atoms with van der Waals surface area (Å²) < 4.78 is 1.93. The SMILES string of the molecule is CC(C)n1ncc2[nH]c(-c3ccc(N4CCN(C(=O)Nc5cccc6ccccc56)CC4)cc3)nc21. The molecule has 1 aliphatic heterocycles. The van der Waals surface area contributed by atoms with Gasteiger partial charge in [0, 0.05) is 48.9 Å². The second-order valence-corrected chi connectivity index (χ2v) is 9.48. The number of hydrogen-bond donors (Lipinski definition) is 2. The maximum Gasteiger partial charge on any atom is 0.321 e. The molecule has 3 aromatic carbocycles. The molecule has 0 atom stereocenters. The summed E-state index contributed by atoms with van der Waals surface area (Å²) in [5.41, 5.74) is 4.86. The van der Waals surface area contributed by atoms with E-state index >= 15 is 0 Å². The van der Waals surface area contributed by atoms with E-state index in [1.165, 1.54) is 0 Å². The van der Waals surface area contributed by atoms with Gasteiger partial charge in [0.25, 0.3) is 0 Å². The minimum atomic E-state index is -0.0498. The van der Waals surface area contributed by atoms with Crippen molar-refractivity contribution in [1.82, 2.24) is 24.6 Å². The smallest absolute Gasteiger partial charge is 0.321 e. The first-order valence-corrected chi connectivity index (χ1v) is 12.4. The van der Waals surface area contributed by atoms with E-state index in [1.54, 1.807) is 0 Å². The van der Waals surface area contributed by atoms with Gasteiger partial charge in [0.1, 0.15) is 11.3 Å². The first-order valence-electron chi connectivity index (χ1n) is 12.4. The molecule has 8 heteroatoms. The summed E-state index contributed by atoms with van der Waals surface area (Å²) in [7, 11) is 0. The van der Waals surface area contributed by atoms with Gasteiger partial charge in [0.05, 0.1) is 11.9 Å². The average Bonchev–Trinajstić information content (AvgIpc) is 3.50. The quantitative estimate of drug-likeness (QED) is 0.356. The third-order valence-corrected chi connectivity index (χ3v) is 6.83. The number of H-pyrrole nitrogens is 1. The molecule has 0 unspecified atom stereocenters. The maximum atomic E-state index is 13.0. The highest BCUT2D eigenvalue weighted by Gasteiger charge is 2.22. The van der Waals surface area contributed by atoms with Crippen LogP contribution in [0.5, 0.6) is 0 Å². The molecule has 2 aromatic heterocycles. The van der Waals surface area contributed by atoms with Crippen LogP contribution in [-0.2, 0) is 0 Å². The number of fused-ring (bicyclic) bond motifs is 2. The number of carbonyl (C=O) groups excluding carboxylic acids is 1. The van der Waals surface area contributed by atoms with Gasteiger partial charge in [-0.2, -0.15) is 5.10 Å². The lowest BCUT2D eigenvalue weighted by molar-refractivity contribution is 0.208. The Balaban J connectivity index is 1.10. The van der Waals surface area contributed by atoms with Crippen molar-refractivity contribution in [2.45, 2.75) is 19.9 Å². The van der Waals surface area contributed by atoms with Crippen molar-refractivity contribution >= 4 is 39.3 Å². The third-order valence-electron chi connectivity index (χ3n) is 6.83. The average molecular weight is 480 g/mol. The Kier molecular flexibility index (Phi) is 5.56. The number of imidazole rings is 1. The molecular formula is C28H29N7O. The number of nitrogens with one attached hydrogen (secondary N) is 2. The molecule has 0 spiro atoms. The highest BCUT2D eigenvalue weighted by atomic mass is 16.2. The molecule has 36 heavy (non-hydrogen) atoms. The fourth-order valence-electron chi connectivity index (χ4n) is 4.86. The summed E-state index contributed by atoms with van der Waals surface area (Å²) >= 11 is 0. The number of carbonyl (C=O) groups is 1. The van der Waals surface area contributed by atoms with Crippen molar-refractivity contribution in [2.75, 3.05) is 36.4 Å². The fraction of sp³-hybridized carbons (Fsp3) is 0.250. The molecule has 0 radical (unpaired) electrons. The van der Waals surface area contributed by atoms with E-state index in [1.807, 2.05) is 46.1 Å². The number of urea groups is 1. The number of hydrogen-bond acceptors (Lipinski definition) is 4. The van der Waals surface area contributed by atoms with Gasteiger partial charge in [-0.05, 0) is 49.6 Å². The zero-order valence-electron chi connectivity index (χ0n) is 20.5. The van der Waals surface area contributed by atoms with Crippen LogP contribution in [0.4, 0.5) is 16.2 Å². The standard InChI is InChI=1S/C28H29N7O/c1-19(2)35-27-25(18-29-35)30-26(32-27)21-10-12-22(13-11-21)33-14-16-34(17-15-33)28(36)31-24-9-5-7-20-6-3-4-8-23(20)24/h3-13,18-19H,14-17H2,1-2H3,(H,30,32)(H,31,36). The lowest BCUT2D eigenvalue weighted by atomic mass is 10.1. The molecule has 0 saturated carbocycles. The topological polar surface area (TPSA) is 82.1 Å². The number of rotatable bonds is 4. The maximum absolute atomic E-state index is 13.0. The summed E-state index contributed by atoms with van der Waals surface area (Å²) in [6.07, 6.45) is 1.83. The van der Waals surface area contributed by atoms with Gasteiger partial charge in [-0.3, -0.25) is 0 Å². The van der Waals surface area contributed by atoms with Crippen molar-refractivity contribution < 1.29 is 4.79 Å². The van der Waals surface area contributed by atoms with E-state index in [0.717, 1.165) is 57.8 Å². The molecule has 182 valence electrons. The van der Waals surface area contributed by atoms with Gasteiger partial charge in [0.2, 0.25) is 0 Å². The molecule has 2 N–H and O–H groups in total. The van der Waals surface area contributed by atoms with E-state index in [9.17, 15) is 4.79 Å². The molecule has 1 aliphatic rings. The zero-order valence-corrected chi connectivity index (χ0v) is 20.5. The number of anilines is 2. The molecule has 3 heterocycles. The van der Waals surface area contributed by atoms with Gasteiger partial charge in [0.15, 0.2) is 5.65 Å². The van der Waals surface area contributed by atoms with Crippen LogP contribution in [-0.4, -0.2) is 56.9 Å². The molecule has 6 rings (SSSR count). The third kappa shape index (κ3) is 4.04. The molecule has 2 amide bonds. The van der Waals surface area contributed by atoms with E-state index < -0.39 is 0 Å². The lowest BCUT2D eigenvalue weighted by Crippen LogP contribution is -2.50. The Morgan fingerprint density at radius 1 is 0.944 bits per heavy atom. The first-order chi connectivity index (χ1) is 17.6. The second-order valence-electron chi connectivity index (χ2n) is 9.48. The Hall–Kier alpha value is -4.33. The minimum Gasteiger partial charge on any atom is -0.368 e. The minimum absolute atomic E-state index is 0.0498. The number of benzene rings is 3.